The highest BCUT2D eigenvalue weighted by molar-refractivity contribution is 5.98. The van der Waals surface area contributed by atoms with E-state index in [4.69, 9.17) is 9.97 Å². The van der Waals surface area contributed by atoms with E-state index in [0.29, 0.717) is 39.4 Å². The monoisotopic (exact) mass is 527 g/mol. The number of aromatic nitrogens is 2. The molecule has 6 rings (SSSR count). The minimum atomic E-state index is -0.400. The molecule has 192 valence electrons. The van der Waals surface area contributed by atoms with Gasteiger partial charge in [-0.25, -0.2) is 23.1 Å². The van der Waals surface area contributed by atoms with Gasteiger partial charge >= 0.3 is 0 Å². The third-order valence-corrected chi connectivity index (χ3v) is 6.28. The molecule has 40 heavy (non-hydrogen) atoms. The van der Waals surface area contributed by atoms with Crippen molar-refractivity contribution in [3.05, 3.63) is 144 Å². The predicted molar refractivity (Wildman–Crippen MR) is 152 cm³/mol. The zero-order valence-corrected chi connectivity index (χ0v) is 21.0. The molecule has 0 saturated heterocycles. The summed E-state index contributed by atoms with van der Waals surface area (Å²) in [6, 6.07) is 31.5. The van der Waals surface area contributed by atoms with E-state index in [9.17, 15) is 13.2 Å². The third-order valence-electron chi connectivity index (χ3n) is 6.28. The molecule has 0 fully saturated rings. The Labute approximate surface area is 229 Å². The lowest BCUT2D eigenvalue weighted by Gasteiger charge is -2.14. The summed E-state index contributed by atoms with van der Waals surface area (Å²) in [7, 11) is 0. The van der Waals surface area contributed by atoms with Crippen LogP contribution < -0.4 is 5.32 Å². The van der Waals surface area contributed by atoms with Crippen molar-refractivity contribution in [2.45, 2.75) is 0 Å². The molecule has 0 aliphatic carbocycles. The largest absolute Gasteiger partial charge is 0.340 e. The molecule has 0 spiro atoms. The lowest BCUT2D eigenvalue weighted by molar-refractivity contribution is 0.627. The van der Waals surface area contributed by atoms with Gasteiger partial charge in [0, 0.05) is 22.2 Å². The van der Waals surface area contributed by atoms with Crippen molar-refractivity contribution in [3.8, 4) is 34.4 Å². The molecule has 1 N–H and O–H groups in total. The highest BCUT2D eigenvalue weighted by Gasteiger charge is 2.15. The first kappa shape index (κ1) is 24.9. The molecule has 6 aromatic rings. The molecule has 0 bridgehead atoms. The fraction of sp³-hybridized carbons (Fsp3) is 0. The van der Waals surface area contributed by atoms with Gasteiger partial charge < -0.3 is 5.32 Å². The summed E-state index contributed by atoms with van der Waals surface area (Å²) in [4.78, 5) is 9.60. The summed E-state index contributed by atoms with van der Waals surface area (Å²) in [5, 5.41) is 3.86. The number of anilines is 2. The Hall–Kier alpha value is -5.41. The van der Waals surface area contributed by atoms with E-state index in [-0.39, 0.29) is 11.6 Å². The van der Waals surface area contributed by atoms with Crippen LogP contribution in [0.15, 0.2) is 115 Å². The lowest BCUT2D eigenvalue weighted by atomic mass is 9.99. The van der Waals surface area contributed by atoms with Crippen LogP contribution in [0.1, 0.15) is 11.1 Å². The second kappa shape index (κ2) is 10.8. The van der Waals surface area contributed by atoms with Gasteiger partial charge in [-0.15, -0.1) is 0 Å². The van der Waals surface area contributed by atoms with Crippen LogP contribution in [0.3, 0.4) is 0 Å². The minimum absolute atomic E-state index is 0.339. The molecule has 3 nitrogen and oxygen atoms in total. The van der Waals surface area contributed by atoms with Gasteiger partial charge in [0.05, 0.1) is 11.1 Å². The average Bonchev–Trinajstić information content (AvgIpc) is 2.97. The van der Waals surface area contributed by atoms with Crippen LogP contribution in [0, 0.1) is 29.3 Å². The number of fused-ring (bicyclic) bond motifs is 1. The lowest BCUT2D eigenvalue weighted by Crippen LogP contribution is -2.01. The van der Waals surface area contributed by atoms with Gasteiger partial charge in [-0.3, -0.25) is 0 Å². The molecular formula is C34H20F3N3. The van der Waals surface area contributed by atoms with E-state index in [1.165, 1.54) is 36.4 Å². The fourth-order valence-corrected chi connectivity index (χ4v) is 4.32. The first-order valence-corrected chi connectivity index (χ1v) is 12.5. The van der Waals surface area contributed by atoms with Gasteiger partial charge in [-0.2, -0.15) is 0 Å². The number of nitrogens with one attached hydrogen (secondary N) is 1. The quantitative estimate of drug-likeness (QED) is 0.234. The maximum absolute atomic E-state index is 14.1. The van der Waals surface area contributed by atoms with Crippen molar-refractivity contribution in [1.82, 2.24) is 9.97 Å². The molecule has 1 heterocycles. The SMILES string of the molecule is Fc1ccc(-c2cc(C#Cc3ccccc3)c3nc(-c4ccc(F)cc4)nc(Nc4cccc(F)c4)c3c2)cc1. The van der Waals surface area contributed by atoms with Crippen molar-refractivity contribution in [3.63, 3.8) is 0 Å². The summed E-state index contributed by atoms with van der Waals surface area (Å²) >= 11 is 0. The van der Waals surface area contributed by atoms with Gasteiger partial charge in [0.25, 0.3) is 0 Å². The van der Waals surface area contributed by atoms with Crippen molar-refractivity contribution in [2.75, 3.05) is 5.32 Å². The zero-order chi connectivity index (χ0) is 27.5. The number of rotatable bonds is 4. The first-order chi connectivity index (χ1) is 19.5. The van der Waals surface area contributed by atoms with Crippen LogP contribution in [0.2, 0.25) is 0 Å². The summed E-state index contributed by atoms with van der Waals surface area (Å²) in [5.74, 6) is 6.10. The number of hydrogen-bond donors (Lipinski definition) is 1. The highest BCUT2D eigenvalue weighted by Crippen LogP contribution is 2.34. The Kier molecular flexibility index (Phi) is 6.70. The molecule has 0 aliphatic heterocycles. The van der Waals surface area contributed by atoms with E-state index in [1.54, 1.807) is 36.4 Å². The van der Waals surface area contributed by atoms with E-state index in [0.717, 1.165) is 16.7 Å². The number of hydrogen-bond acceptors (Lipinski definition) is 3. The molecule has 0 unspecified atom stereocenters. The second-order valence-electron chi connectivity index (χ2n) is 9.08. The normalized spacial score (nSPS) is 10.7. The van der Waals surface area contributed by atoms with Crippen LogP contribution in [-0.2, 0) is 0 Å². The molecule has 0 amide bonds. The standard InChI is InChI=1S/C34H20F3N3/c35-27-15-11-23(12-16-27)26-19-25(10-9-22-5-2-1-3-6-22)32-31(20-26)34(38-30-8-4-7-29(37)21-30)40-33(39-32)24-13-17-28(36)18-14-24/h1-8,11-21H,(H,38,39,40). The Balaban J connectivity index is 1.62. The number of nitrogens with zero attached hydrogens (tertiary/aromatic N) is 2. The van der Waals surface area contributed by atoms with Crippen LogP contribution in [0.25, 0.3) is 33.4 Å². The second-order valence-corrected chi connectivity index (χ2v) is 9.08. The van der Waals surface area contributed by atoms with Crippen molar-refractivity contribution >= 4 is 22.4 Å². The van der Waals surface area contributed by atoms with E-state index in [2.05, 4.69) is 17.2 Å². The fourth-order valence-electron chi connectivity index (χ4n) is 4.32. The van der Waals surface area contributed by atoms with Gasteiger partial charge in [-0.05, 0) is 90.0 Å². The Bertz CT molecular complexity index is 1890. The molecule has 0 aliphatic rings. The van der Waals surface area contributed by atoms with Gasteiger partial charge in [0.1, 0.15) is 23.3 Å². The molecule has 6 heteroatoms. The average molecular weight is 528 g/mol. The summed E-state index contributed by atoms with van der Waals surface area (Å²) in [6.07, 6.45) is 0. The van der Waals surface area contributed by atoms with E-state index >= 15 is 0 Å². The topological polar surface area (TPSA) is 37.8 Å². The summed E-state index contributed by atoms with van der Waals surface area (Å²) in [6.45, 7) is 0. The maximum Gasteiger partial charge on any atom is 0.162 e. The molecule has 0 saturated carbocycles. The minimum Gasteiger partial charge on any atom is -0.340 e. The van der Waals surface area contributed by atoms with Gasteiger partial charge in [-0.1, -0.05) is 48.2 Å². The smallest absolute Gasteiger partial charge is 0.162 e. The van der Waals surface area contributed by atoms with Crippen LogP contribution in [-0.4, -0.2) is 9.97 Å². The zero-order valence-electron chi connectivity index (χ0n) is 21.0. The number of benzene rings is 5. The van der Waals surface area contributed by atoms with Crippen LogP contribution in [0.5, 0.6) is 0 Å². The first-order valence-electron chi connectivity index (χ1n) is 12.5. The highest BCUT2D eigenvalue weighted by atomic mass is 19.1. The van der Waals surface area contributed by atoms with Crippen molar-refractivity contribution < 1.29 is 13.2 Å². The maximum atomic E-state index is 14.1. The Morgan fingerprint density at radius 3 is 1.95 bits per heavy atom. The van der Waals surface area contributed by atoms with E-state index < -0.39 is 5.82 Å². The molecule has 0 atom stereocenters. The van der Waals surface area contributed by atoms with Gasteiger partial charge in [0.2, 0.25) is 0 Å². The van der Waals surface area contributed by atoms with Crippen molar-refractivity contribution in [2.24, 2.45) is 0 Å². The van der Waals surface area contributed by atoms with E-state index in [1.807, 2.05) is 42.5 Å². The third kappa shape index (κ3) is 5.40. The van der Waals surface area contributed by atoms with Gasteiger partial charge in [0.15, 0.2) is 5.82 Å². The van der Waals surface area contributed by atoms with Crippen LogP contribution in [0.4, 0.5) is 24.7 Å². The molecule has 5 aromatic carbocycles. The van der Waals surface area contributed by atoms with Crippen molar-refractivity contribution in [1.29, 1.82) is 0 Å². The Morgan fingerprint density at radius 2 is 1.25 bits per heavy atom. The molecular weight excluding hydrogens is 507 g/mol. The Morgan fingerprint density at radius 1 is 0.550 bits per heavy atom. The summed E-state index contributed by atoms with van der Waals surface area (Å²) in [5.41, 5.74) is 4.67. The molecule has 0 radical (unpaired) electrons. The predicted octanol–water partition coefficient (Wildman–Crippen LogP) is 8.52. The summed E-state index contributed by atoms with van der Waals surface area (Å²) < 4.78 is 41.4. The van der Waals surface area contributed by atoms with Crippen LogP contribution >= 0.6 is 0 Å². The number of halogens is 3. The molecule has 1 aromatic heterocycles.